The van der Waals surface area contributed by atoms with Gasteiger partial charge in [-0.25, -0.2) is 0 Å². The number of nitrogens with two attached hydrogens (primary N) is 1. The van der Waals surface area contributed by atoms with Gasteiger partial charge in [-0.3, -0.25) is 0 Å². The van der Waals surface area contributed by atoms with Crippen LogP contribution in [0.5, 0.6) is 0 Å². The zero-order valence-corrected chi connectivity index (χ0v) is 6.13. The van der Waals surface area contributed by atoms with Gasteiger partial charge in [-0.15, -0.1) is 0 Å². The summed E-state index contributed by atoms with van der Waals surface area (Å²) in [5.41, 5.74) is 5.74. The third kappa shape index (κ3) is 1.66. The van der Waals surface area contributed by atoms with E-state index in [9.17, 15) is 0 Å². The fraction of sp³-hybridized carbons (Fsp3) is 1.00. The molecule has 2 nitrogen and oxygen atoms in total. The smallest absolute Gasteiger partial charge is 0.0698 e. The molecule has 2 heteroatoms. The van der Waals surface area contributed by atoms with E-state index < -0.39 is 0 Å². The van der Waals surface area contributed by atoms with Crippen LogP contribution in [-0.4, -0.2) is 18.8 Å². The average molecular weight is 129 g/mol. The van der Waals surface area contributed by atoms with Crippen molar-refractivity contribution in [2.24, 2.45) is 11.7 Å². The minimum absolute atomic E-state index is 0.258. The van der Waals surface area contributed by atoms with Crippen molar-refractivity contribution in [1.82, 2.24) is 0 Å². The van der Waals surface area contributed by atoms with Crippen molar-refractivity contribution in [3.8, 4) is 0 Å². The first-order chi connectivity index (χ1) is 4.20. The lowest BCUT2D eigenvalue weighted by Crippen LogP contribution is -2.41. The first-order valence-electron chi connectivity index (χ1n) is 3.57. The summed E-state index contributed by atoms with van der Waals surface area (Å²) >= 11 is 0. The molecule has 0 aromatic heterocycles. The summed E-state index contributed by atoms with van der Waals surface area (Å²) in [5, 5.41) is 0. The standard InChI is InChI=1S/C7H15NO/c1-5-3-7(8)6(2)9-4-5/h5-7H,3-4,8H2,1-2H3/t5-,6-,7?/m0/s1. The van der Waals surface area contributed by atoms with Crippen molar-refractivity contribution in [3.05, 3.63) is 0 Å². The normalized spacial score (nSPS) is 45.0. The summed E-state index contributed by atoms with van der Waals surface area (Å²) in [6.45, 7) is 5.09. The van der Waals surface area contributed by atoms with Crippen LogP contribution in [0.2, 0.25) is 0 Å². The van der Waals surface area contributed by atoms with Gasteiger partial charge in [0, 0.05) is 12.6 Å². The van der Waals surface area contributed by atoms with Gasteiger partial charge in [0.15, 0.2) is 0 Å². The second-order valence-electron chi connectivity index (χ2n) is 3.04. The Morgan fingerprint density at radius 3 is 2.56 bits per heavy atom. The predicted molar refractivity (Wildman–Crippen MR) is 37.2 cm³/mol. The molecule has 0 saturated carbocycles. The van der Waals surface area contributed by atoms with E-state index in [4.69, 9.17) is 10.5 Å². The molecule has 1 aliphatic rings. The highest BCUT2D eigenvalue weighted by molar-refractivity contribution is 4.76. The third-order valence-corrected chi connectivity index (χ3v) is 1.92. The van der Waals surface area contributed by atoms with Gasteiger partial charge in [0.2, 0.25) is 0 Å². The lowest BCUT2D eigenvalue weighted by Gasteiger charge is -2.29. The van der Waals surface area contributed by atoms with E-state index in [0.717, 1.165) is 13.0 Å². The van der Waals surface area contributed by atoms with E-state index in [1.807, 2.05) is 6.92 Å². The molecule has 0 spiro atoms. The molecule has 1 rings (SSSR count). The molecule has 3 atom stereocenters. The van der Waals surface area contributed by atoms with Gasteiger partial charge in [-0.1, -0.05) is 6.92 Å². The largest absolute Gasteiger partial charge is 0.377 e. The molecular formula is C7H15NO. The van der Waals surface area contributed by atoms with Crippen LogP contribution in [0.25, 0.3) is 0 Å². The highest BCUT2D eigenvalue weighted by Crippen LogP contribution is 2.16. The second-order valence-corrected chi connectivity index (χ2v) is 3.04. The minimum atomic E-state index is 0.258. The van der Waals surface area contributed by atoms with Crippen LogP contribution in [0.15, 0.2) is 0 Å². The summed E-state index contributed by atoms with van der Waals surface area (Å²) in [6, 6.07) is 0.258. The third-order valence-electron chi connectivity index (χ3n) is 1.92. The van der Waals surface area contributed by atoms with Crippen molar-refractivity contribution in [2.45, 2.75) is 32.4 Å². The first-order valence-corrected chi connectivity index (χ1v) is 3.57. The molecule has 0 radical (unpaired) electrons. The Balaban J connectivity index is 2.35. The molecular weight excluding hydrogens is 114 g/mol. The van der Waals surface area contributed by atoms with Crippen LogP contribution in [0.1, 0.15) is 20.3 Å². The number of hydrogen-bond donors (Lipinski definition) is 1. The summed E-state index contributed by atoms with van der Waals surface area (Å²) in [4.78, 5) is 0. The maximum absolute atomic E-state index is 5.74. The number of ether oxygens (including phenoxy) is 1. The zero-order valence-electron chi connectivity index (χ0n) is 6.13. The SMILES string of the molecule is C[C@@H]1CO[C@@H](C)C(N)C1. The van der Waals surface area contributed by atoms with Gasteiger partial charge in [0.05, 0.1) is 6.10 Å². The molecule has 2 N–H and O–H groups in total. The van der Waals surface area contributed by atoms with Gasteiger partial charge in [-0.2, -0.15) is 0 Å². The summed E-state index contributed by atoms with van der Waals surface area (Å²) < 4.78 is 5.38. The van der Waals surface area contributed by atoms with E-state index >= 15 is 0 Å². The Kier molecular flexibility index (Phi) is 2.09. The molecule has 9 heavy (non-hydrogen) atoms. The van der Waals surface area contributed by atoms with Gasteiger partial charge < -0.3 is 10.5 Å². The van der Waals surface area contributed by atoms with Crippen LogP contribution in [0.4, 0.5) is 0 Å². The van der Waals surface area contributed by atoms with Crippen LogP contribution in [0.3, 0.4) is 0 Å². The van der Waals surface area contributed by atoms with Gasteiger partial charge >= 0.3 is 0 Å². The Labute approximate surface area is 56.4 Å². The van der Waals surface area contributed by atoms with Crippen molar-refractivity contribution in [2.75, 3.05) is 6.61 Å². The lowest BCUT2D eigenvalue weighted by atomic mass is 9.97. The Morgan fingerprint density at radius 2 is 2.11 bits per heavy atom. The average Bonchev–Trinajstić information content (AvgIpc) is 1.80. The Bertz CT molecular complexity index is 94.9. The van der Waals surface area contributed by atoms with E-state index in [2.05, 4.69) is 6.92 Å². The molecule has 1 unspecified atom stereocenters. The van der Waals surface area contributed by atoms with Crippen LogP contribution in [0, 0.1) is 5.92 Å². The maximum Gasteiger partial charge on any atom is 0.0698 e. The highest BCUT2D eigenvalue weighted by atomic mass is 16.5. The van der Waals surface area contributed by atoms with E-state index in [1.54, 1.807) is 0 Å². The first kappa shape index (κ1) is 7.03. The topological polar surface area (TPSA) is 35.2 Å². The Hall–Kier alpha value is -0.0800. The molecule has 1 saturated heterocycles. The molecule has 0 amide bonds. The summed E-state index contributed by atoms with van der Waals surface area (Å²) in [7, 11) is 0. The highest BCUT2D eigenvalue weighted by Gasteiger charge is 2.22. The quantitative estimate of drug-likeness (QED) is 0.524. The molecule has 0 aromatic rings. The molecule has 0 bridgehead atoms. The van der Waals surface area contributed by atoms with E-state index in [1.165, 1.54) is 0 Å². The van der Waals surface area contributed by atoms with E-state index in [0.29, 0.717) is 5.92 Å². The number of hydrogen-bond acceptors (Lipinski definition) is 2. The van der Waals surface area contributed by atoms with Crippen molar-refractivity contribution < 1.29 is 4.74 Å². The fourth-order valence-electron chi connectivity index (χ4n) is 1.16. The molecule has 54 valence electrons. The van der Waals surface area contributed by atoms with Crippen molar-refractivity contribution >= 4 is 0 Å². The van der Waals surface area contributed by atoms with Crippen LogP contribution >= 0.6 is 0 Å². The van der Waals surface area contributed by atoms with Crippen molar-refractivity contribution in [1.29, 1.82) is 0 Å². The summed E-state index contributed by atoms with van der Waals surface area (Å²) in [6.07, 6.45) is 1.38. The van der Waals surface area contributed by atoms with Gasteiger partial charge in [0.25, 0.3) is 0 Å². The second kappa shape index (κ2) is 2.67. The van der Waals surface area contributed by atoms with Crippen LogP contribution in [-0.2, 0) is 4.74 Å². The van der Waals surface area contributed by atoms with E-state index in [-0.39, 0.29) is 12.1 Å². The monoisotopic (exact) mass is 129 g/mol. The minimum Gasteiger partial charge on any atom is -0.377 e. The summed E-state index contributed by atoms with van der Waals surface area (Å²) in [5.74, 6) is 0.649. The van der Waals surface area contributed by atoms with Crippen LogP contribution < -0.4 is 5.73 Å². The van der Waals surface area contributed by atoms with Gasteiger partial charge in [-0.05, 0) is 19.3 Å². The zero-order chi connectivity index (χ0) is 6.85. The molecule has 0 aromatic carbocycles. The molecule has 0 aliphatic carbocycles. The number of rotatable bonds is 0. The van der Waals surface area contributed by atoms with Crippen molar-refractivity contribution in [3.63, 3.8) is 0 Å². The molecule has 1 heterocycles. The Morgan fingerprint density at radius 1 is 1.44 bits per heavy atom. The lowest BCUT2D eigenvalue weighted by molar-refractivity contribution is -0.0138. The fourth-order valence-corrected chi connectivity index (χ4v) is 1.16. The predicted octanol–water partition coefficient (Wildman–Crippen LogP) is 0.759. The molecule has 1 aliphatic heterocycles. The van der Waals surface area contributed by atoms with Gasteiger partial charge in [0.1, 0.15) is 0 Å². The maximum atomic E-state index is 5.74. The molecule has 1 fully saturated rings.